The van der Waals surface area contributed by atoms with Crippen molar-refractivity contribution in [3.63, 3.8) is 0 Å². The summed E-state index contributed by atoms with van der Waals surface area (Å²) in [7, 11) is 0. The van der Waals surface area contributed by atoms with Crippen molar-refractivity contribution in [2.45, 2.75) is 46.1 Å². The number of anilines is 1. The molecule has 0 bridgehead atoms. The number of hydrogen-bond donors (Lipinski definition) is 2. The van der Waals surface area contributed by atoms with Crippen LogP contribution in [0.25, 0.3) is 0 Å². The summed E-state index contributed by atoms with van der Waals surface area (Å²) in [5.74, 6) is 1.22. The Hall–Kier alpha value is -2.82. The van der Waals surface area contributed by atoms with Gasteiger partial charge in [0, 0.05) is 18.2 Å². The summed E-state index contributed by atoms with van der Waals surface area (Å²) in [5.41, 5.74) is 4.14. The number of benzene rings is 2. The van der Waals surface area contributed by atoms with Crippen LogP contribution in [0.4, 0.5) is 5.69 Å². The van der Waals surface area contributed by atoms with Crippen LogP contribution in [0.3, 0.4) is 0 Å². The minimum atomic E-state index is -0.182. The third kappa shape index (κ3) is 5.59. The lowest BCUT2D eigenvalue weighted by molar-refractivity contribution is -0.123. The van der Waals surface area contributed by atoms with Gasteiger partial charge >= 0.3 is 0 Å². The van der Waals surface area contributed by atoms with E-state index in [2.05, 4.69) is 37.5 Å². The first-order chi connectivity index (χ1) is 13.4. The average molecular weight is 380 g/mol. The molecule has 0 aromatic heterocycles. The minimum Gasteiger partial charge on any atom is -0.484 e. The van der Waals surface area contributed by atoms with Crippen LogP contribution in [0, 0.1) is 12.8 Å². The van der Waals surface area contributed by atoms with Crippen molar-refractivity contribution in [3.05, 3.63) is 59.2 Å². The molecular weight excluding hydrogens is 352 g/mol. The van der Waals surface area contributed by atoms with Crippen molar-refractivity contribution in [3.8, 4) is 5.75 Å². The quantitative estimate of drug-likeness (QED) is 0.722. The van der Waals surface area contributed by atoms with E-state index in [0.717, 1.165) is 29.7 Å². The van der Waals surface area contributed by atoms with Gasteiger partial charge < -0.3 is 15.4 Å². The first-order valence-electron chi connectivity index (χ1n) is 9.82. The zero-order valence-corrected chi connectivity index (χ0v) is 16.7. The number of aryl methyl sites for hydroxylation is 1. The number of rotatable bonds is 8. The standard InChI is InChI=1S/C23H28N2O3/c1-15(2)21-10-9-20(11-16(21)3)28-14-22(26)24-13-17-5-4-6-19(12-17)25-23(27)18-7-8-18/h4-6,9-12,15,18H,7-8,13-14H2,1-3H3,(H,24,26)(H,25,27). The van der Waals surface area contributed by atoms with Crippen molar-refractivity contribution < 1.29 is 14.3 Å². The molecule has 0 heterocycles. The fourth-order valence-corrected chi connectivity index (χ4v) is 3.14. The smallest absolute Gasteiger partial charge is 0.258 e. The van der Waals surface area contributed by atoms with Gasteiger partial charge in [-0.15, -0.1) is 0 Å². The van der Waals surface area contributed by atoms with Crippen LogP contribution >= 0.6 is 0 Å². The van der Waals surface area contributed by atoms with Crippen LogP contribution in [-0.2, 0) is 16.1 Å². The van der Waals surface area contributed by atoms with E-state index < -0.39 is 0 Å². The predicted octanol–water partition coefficient (Wildman–Crippen LogP) is 4.16. The van der Waals surface area contributed by atoms with E-state index >= 15 is 0 Å². The Morgan fingerprint density at radius 1 is 1.14 bits per heavy atom. The summed E-state index contributed by atoms with van der Waals surface area (Å²) < 4.78 is 5.61. The van der Waals surface area contributed by atoms with Crippen molar-refractivity contribution >= 4 is 17.5 Å². The molecule has 0 unspecified atom stereocenters. The molecule has 0 atom stereocenters. The second-order valence-electron chi connectivity index (χ2n) is 7.70. The van der Waals surface area contributed by atoms with E-state index in [-0.39, 0.29) is 24.3 Å². The van der Waals surface area contributed by atoms with Crippen LogP contribution < -0.4 is 15.4 Å². The molecule has 2 aromatic carbocycles. The highest BCUT2D eigenvalue weighted by Gasteiger charge is 2.29. The first-order valence-corrected chi connectivity index (χ1v) is 9.82. The third-order valence-electron chi connectivity index (χ3n) is 4.87. The topological polar surface area (TPSA) is 67.4 Å². The molecule has 2 amide bonds. The fraction of sp³-hybridized carbons (Fsp3) is 0.391. The molecule has 0 radical (unpaired) electrons. The Kier molecular flexibility index (Phi) is 6.34. The minimum absolute atomic E-state index is 0.0292. The average Bonchev–Trinajstić information content (AvgIpc) is 3.50. The molecule has 2 aromatic rings. The van der Waals surface area contributed by atoms with Gasteiger partial charge in [-0.05, 0) is 66.6 Å². The summed E-state index contributed by atoms with van der Waals surface area (Å²) >= 11 is 0. The Morgan fingerprint density at radius 3 is 2.61 bits per heavy atom. The highest BCUT2D eigenvalue weighted by Crippen LogP contribution is 2.30. The Labute approximate surface area is 166 Å². The molecule has 0 saturated heterocycles. The van der Waals surface area contributed by atoms with E-state index in [1.165, 1.54) is 5.56 Å². The van der Waals surface area contributed by atoms with Gasteiger partial charge in [-0.3, -0.25) is 9.59 Å². The van der Waals surface area contributed by atoms with Gasteiger partial charge in [0.15, 0.2) is 6.61 Å². The van der Waals surface area contributed by atoms with Crippen molar-refractivity contribution in [1.29, 1.82) is 0 Å². The van der Waals surface area contributed by atoms with Gasteiger partial charge in [0.2, 0.25) is 5.91 Å². The fourth-order valence-electron chi connectivity index (χ4n) is 3.14. The lowest BCUT2D eigenvalue weighted by atomic mass is 9.98. The van der Waals surface area contributed by atoms with Gasteiger partial charge in [0.05, 0.1) is 0 Å². The Morgan fingerprint density at radius 2 is 1.93 bits per heavy atom. The van der Waals surface area contributed by atoms with Crippen LogP contribution in [0.15, 0.2) is 42.5 Å². The van der Waals surface area contributed by atoms with Crippen LogP contribution in [0.2, 0.25) is 0 Å². The van der Waals surface area contributed by atoms with E-state index in [4.69, 9.17) is 4.74 Å². The molecule has 0 aliphatic heterocycles. The largest absolute Gasteiger partial charge is 0.484 e. The SMILES string of the molecule is Cc1cc(OCC(=O)NCc2cccc(NC(=O)C3CC3)c2)ccc1C(C)C. The lowest BCUT2D eigenvalue weighted by Gasteiger charge is -2.13. The summed E-state index contributed by atoms with van der Waals surface area (Å²) in [5, 5.41) is 5.77. The molecule has 3 rings (SSSR count). The molecule has 1 aliphatic rings. The molecule has 1 saturated carbocycles. The second kappa shape index (κ2) is 8.91. The monoisotopic (exact) mass is 380 g/mol. The zero-order valence-electron chi connectivity index (χ0n) is 16.7. The molecule has 28 heavy (non-hydrogen) atoms. The van der Waals surface area contributed by atoms with E-state index in [9.17, 15) is 9.59 Å². The second-order valence-corrected chi connectivity index (χ2v) is 7.70. The number of nitrogens with one attached hydrogen (secondary N) is 2. The predicted molar refractivity (Wildman–Crippen MR) is 110 cm³/mol. The molecule has 2 N–H and O–H groups in total. The van der Waals surface area contributed by atoms with Gasteiger partial charge in [0.25, 0.3) is 5.91 Å². The zero-order chi connectivity index (χ0) is 20.1. The number of carbonyl (C=O) groups is 2. The maximum atomic E-state index is 12.1. The highest BCUT2D eigenvalue weighted by atomic mass is 16.5. The van der Waals surface area contributed by atoms with Gasteiger partial charge in [-0.1, -0.05) is 32.0 Å². The van der Waals surface area contributed by atoms with E-state index in [1.54, 1.807) is 0 Å². The van der Waals surface area contributed by atoms with Gasteiger partial charge in [-0.2, -0.15) is 0 Å². The third-order valence-corrected chi connectivity index (χ3v) is 4.87. The first kappa shape index (κ1) is 19.9. The molecular formula is C23H28N2O3. The maximum Gasteiger partial charge on any atom is 0.258 e. The van der Waals surface area contributed by atoms with Crippen LogP contribution in [0.1, 0.15) is 49.3 Å². The van der Waals surface area contributed by atoms with Crippen LogP contribution in [-0.4, -0.2) is 18.4 Å². The Balaban J connectivity index is 1.46. The van der Waals surface area contributed by atoms with Crippen molar-refractivity contribution in [1.82, 2.24) is 5.32 Å². The van der Waals surface area contributed by atoms with Crippen molar-refractivity contribution in [2.24, 2.45) is 5.92 Å². The molecule has 0 spiro atoms. The Bertz CT molecular complexity index is 857. The molecule has 5 nitrogen and oxygen atoms in total. The number of hydrogen-bond acceptors (Lipinski definition) is 3. The highest BCUT2D eigenvalue weighted by molar-refractivity contribution is 5.94. The molecule has 148 valence electrons. The lowest BCUT2D eigenvalue weighted by Crippen LogP contribution is -2.28. The molecule has 5 heteroatoms. The van der Waals surface area contributed by atoms with Gasteiger partial charge in [0.1, 0.15) is 5.75 Å². The summed E-state index contributed by atoms with van der Waals surface area (Å²) in [4.78, 5) is 24.0. The summed E-state index contributed by atoms with van der Waals surface area (Å²) in [6, 6.07) is 13.5. The van der Waals surface area contributed by atoms with Crippen molar-refractivity contribution in [2.75, 3.05) is 11.9 Å². The van der Waals surface area contributed by atoms with E-state index in [0.29, 0.717) is 18.2 Å². The van der Waals surface area contributed by atoms with Gasteiger partial charge in [-0.25, -0.2) is 0 Å². The molecule has 1 aliphatic carbocycles. The van der Waals surface area contributed by atoms with E-state index in [1.807, 2.05) is 36.4 Å². The summed E-state index contributed by atoms with van der Waals surface area (Å²) in [6.45, 7) is 6.72. The van der Waals surface area contributed by atoms with Crippen LogP contribution in [0.5, 0.6) is 5.75 Å². The normalized spacial score (nSPS) is 13.3. The maximum absolute atomic E-state index is 12.1. The number of carbonyl (C=O) groups excluding carboxylic acids is 2. The molecule has 1 fully saturated rings. The number of amides is 2. The summed E-state index contributed by atoms with van der Waals surface area (Å²) in [6.07, 6.45) is 1.95. The number of ether oxygens (including phenoxy) is 1.